The fourth-order valence-electron chi connectivity index (χ4n) is 3.20. The van der Waals surface area contributed by atoms with Crippen LogP contribution in [0.5, 0.6) is 0 Å². The summed E-state index contributed by atoms with van der Waals surface area (Å²) >= 11 is 0. The third kappa shape index (κ3) is 3.97. The van der Waals surface area contributed by atoms with Gasteiger partial charge in [0, 0.05) is 24.3 Å². The Morgan fingerprint density at radius 1 is 1.15 bits per heavy atom. The maximum atomic E-state index is 13.1. The Morgan fingerprint density at radius 3 is 2.70 bits per heavy atom. The Bertz CT molecular complexity index is 911. The minimum Gasteiger partial charge on any atom is -0.339 e. The van der Waals surface area contributed by atoms with Crippen LogP contribution < -0.4 is 5.32 Å². The summed E-state index contributed by atoms with van der Waals surface area (Å²) in [6.07, 6.45) is 1.74. The van der Waals surface area contributed by atoms with E-state index in [0.29, 0.717) is 30.4 Å². The van der Waals surface area contributed by atoms with Crippen LogP contribution >= 0.6 is 0 Å². The molecule has 1 N–H and O–H groups in total. The number of nitrogens with zero attached hydrogens (tertiary/aromatic N) is 3. The topological polar surface area (TPSA) is 71.3 Å². The van der Waals surface area contributed by atoms with Gasteiger partial charge in [0.15, 0.2) is 0 Å². The van der Waals surface area contributed by atoms with Crippen molar-refractivity contribution in [3.05, 3.63) is 66.3 Å². The van der Waals surface area contributed by atoms with E-state index < -0.39 is 0 Å². The number of benzene rings is 2. The zero-order chi connectivity index (χ0) is 18.6. The molecule has 138 valence electrons. The molecule has 0 saturated carbocycles. The van der Waals surface area contributed by atoms with Crippen LogP contribution in [-0.2, 0) is 0 Å². The van der Waals surface area contributed by atoms with Gasteiger partial charge >= 0.3 is 6.03 Å². The smallest absolute Gasteiger partial charge is 0.321 e. The van der Waals surface area contributed by atoms with Crippen LogP contribution in [0, 0.1) is 5.82 Å². The third-order valence-corrected chi connectivity index (χ3v) is 4.63. The van der Waals surface area contributed by atoms with Gasteiger partial charge in [0.05, 0.1) is 5.92 Å². The number of amides is 2. The number of piperidine rings is 1. The fourth-order valence-corrected chi connectivity index (χ4v) is 3.20. The lowest BCUT2D eigenvalue weighted by Crippen LogP contribution is -2.41. The van der Waals surface area contributed by atoms with Gasteiger partial charge in [0.2, 0.25) is 11.7 Å². The van der Waals surface area contributed by atoms with E-state index >= 15 is 0 Å². The summed E-state index contributed by atoms with van der Waals surface area (Å²) in [7, 11) is 0. The van der Waals surface area contributed by atoms with Crippen molar-refractivity contribution >= 4 is 11.7 Å². The van der Waals surface area contributed by atoms with Gasteiger partial charge in [-0.15, -0.1) is 0 Å². The molecular weight excluding hydrogens is 347 g/mol. The number of urea groups is 1. The van der Waals surface area contributed by atoms with Crippen molar-refractivity contribution < 1.29 is 13.7 Å². The average molecular weight is 366 g/mol. The predicted molar refractivity (Wildman–Crippen MR) is 98.7 cm³/mol. The summed E-state index contributed by atoms with van der Waals surface area (Å²) in [5.41, 5.74) is 1.46. The highest BCUT2D eigenvalue weighted by atomic mass is 19.1. The van der Waals surface area contributed by atoms with Gasteiger partial charge in [0.1, 0.15) is 5.82 Å². The maximum absolute atomic E-state index is 13.1. The number of aromatic nitrogens is 2. The molecule has 2 amide bonds. The first-order valence-electron chi connectivity index (χ1n) is 8.89. The van der Waals surface area contributed by atoms with E-state index in [2.05, 4.69) is 15.5 Å². The molecule has 2 heterocycles. The number of para-hydroxylation sites is 1. The molecule has 27 heavy (non-hydrogen) atoms. The number of carbonyl (C=O) groups excluding carboxylic acids is 1. The molecule has 1 atom stereocenters. The average Bonchev–Trinajstić information content (AvgIpc) is 3.20. The van der Waals surface area contributed by atoms with Gasteiger partial charge < -0.3 is 14.7 Å². The second kappa shape index (κ2) is 7.57. The summed E-state index contributed by atoms with van der Waals surface area (Å²) in [5.74, 6) is 0.610. The SMILES string of the molecule is O=C(Nc1ccccc1)N1CCC[C@@H](c2nc(-c3ccc(F)cc3)no2)C1. The van der Waals surface area contributed by atoms with E-state index in [4.69, 9.17) is 4.52 Å². The largest absolute Gasteiger partial charge is 0.339 e. The van der Waals surface area contributed by atoms with E-state index in [0.717, 1.165) is 18.5 Å². The Kier molecular flexibility index (Phi) is 4.82. The summed E-state index contributed by atoms with van der Waals surface area (Å²) in [4.78, 5) is 18.7. The van der Waals surface area contributed by atoms with E-state index in [9.17, 15) is 9.18 Å². The van der Waals surface area contributed by atoms with Crippen LogP contribution in [0.25, 0.3) is 11.4 Å². The molecule has 0 radical (unpaired) electrons. The van der Waals surface area contributed by atoms with Crippen LogP contribution in [0.4, 0.5) is 14.9 Å². The van der Waals surface area contributed by atoms with E-state index in [1.54, 1.807) is 17.0 Å². The van der Waals surface area contributed by atoms with Gasteiger partial charge in [-0.05, 0) is 49.2 Å². The molecule has 1 aromatic heterocycles. The van der Waals surface area contributed by atoms with E-state index in [-0.39, 0.29) is 17.8 Å². The van der Waals surface area contributed by atoms with Crippen molar-refractivity contribution in [3.8, 4) is 11.4 Å². The molecule has 2 aromatic carbocycles. The lowest BCUT2D eigenvalue weighted by molar-refractivity contribution is 0.184. The summed E-state index contributed by atoms with van der Waals surface area (Å²) in [5, 5.41) is 6.91. The first-order valence-corrected chi connectivity index (χ1v) is 8.89. The Balaban J connectivity index is 1.44. The number of nitrogens with one attached hydrogen (secondary N) is 1. The van der Waals surface area contributed by atoms with Crippen molar-refractivity contribution in [3.63, 3.8) is 0 Å². The van der Waals surface area contributed by atoms with Crippen molar-refractivity contribution in [1.82, 2.24) is 15.0 Å². The Morgan fingerprint density at radius 2 is 1.93 bits per heavy atom. The van der Waals surface area contributed by atoms with Gasteiger partial charge in [-0.3, -0.25) is 0 Å². The van der Waals surface area contributed by atoms with Crippen LogP contribution in [0.1, 0.15) is 24.7 Å². The summed E-state index contributed by atoms with van der Waals surface area (Å²) in [6.45, 7) is 1.21. The van der Waals surface area contributed by atoms with Crippen LogP contribution in [0.15, 0.2) is 59.1 Å². The van der Waals surface area contributed by atoms with Crippen molar-refractivity contribution in [2.75, 3.05) is 18.4 Å². The summed E-state index contributed by atoms with van der Waals surface area (Å²) < 4.78 is 18.5. The second-order valence-electron chi connectivity index (χ2n) is 6.54. The quantitative estimate of drug-likeness (QED) is 0.751. The zero-order valence-electron chi connectivity index (χ0n) is 14.6. The molecule has 1 fully saturated rings. The number of hydrogen-bond donors (Lipinski definition) is 1. The van der Waals surface area contributed by atoms with Crippen molar-refractivity contribution in [1.29, 1.82) is 0 Å². The molecule has 0 spiro atoms. The van der Waals surface area contributed by atoms with Crippen molar-refractivity contribution in [2.45, 2.75) is 18.8 Å². The molecule has 1 aliphatic heterocycles. The van der Waals surface area contributed by atoms with E-state index in [1.807, 2.05) is 30.3 Å². The molecule has 0 aliphatic carbocycles. The number of carbonyl (C=O) groups is 1. The van der Waals surface area contributed by atoms with Crippen molar-refractivity contribution in [2.24, 2.45) is 0 Å². The standard InChI is InChI=1S/C20H19FN4O2/c21-16-10-8-14(9-11-16)18-23-19(27-24-18)15-5-4-12-25(13-15)20(26)22-17-6-2-1-3-7-17/h1-3,6-11,15H,4-5,12-13H2,(H,22,26)/t15-/m1/s1. The first-order chi connectivity index (χ1) is 13.2. The Labute approximate surface area is 156 Å². The number of hydrogen-bond acceptors (Lipinski definition) is 4. The van der Waals surface area contributed by atoms with Crippen LogP contribution in [0.2, 0.25) is 0 Å². The highest BCUT2D eigenvalue weighted by molar-refractivity contribution is 5.89. The second-order valence-corrected chi connectivity index (χ2v) is 6.54. The fraction of sp³-hybridized carbons (Fsp3) is 0.250. The third-order valence-electron chi connectivity index (χ3n) is 4.63. The van der Waals surface area contributed by atoms with Crippen LogP contribution in [0.3, 0.4) is 0 Å². The monoisotopic (exact) mass is 366 g/mol. The highest BCUT2D eigenvalue weighted by Crippen LogP contribution is 2.28. The number of halogens is 1. The molecule has 7 heteroatoms. The van der Waals surface area contributed by atoms with Gasteiger partial charge in [-0.1, -0.05) is 23.4 Å². The molecule has 6 nitrogen and oxygen atoms in total. The zero-order valence-corrected chi connectivity index (χ0v) is 14.6. The molecule has 3 aromatic rings. The highest BCUT2D eigenvalue weighted by Gasteiger charge is 2.28. The van der Waals surface area contributed by atoms with Crippen LogP contribution in [-0.4, -0.2) is 34.2 Å². The Hall–Kier alpha value is -3.22. The lowest BCUT2D eigenvalue weighted by atomic mass is 9.98. The van der Waals surface area contributed by atoms with Gasteiger partial charge in [0.25, 0.3) is 0 Å². The molecule has 0 unspecified atom stereocenters. The minimum atomic E-state index is -0.310. The molecule has 4 rings (SSSR count). The van der Waals surface area contributed by atoms with Gasteiger partial charge in [-0.25, -0.2) is 9.18 Å². The predicted octanol–water partition coefficient (Wildman–Crippen LogP) is 4.29. The maximum Gasteiger partial charge on any atom is 0.321 e. The van der Waals surface area contributed by atoms with E-state index in [1.165, 1.54) is 12.1 Å². The molecule has 1 aliphatic rings. The molecule has 0 bridgehead atoms. The number of anilines is 1. The first kappa shape index (κ1) is 17.2. The van der Waals surface area contributed by atoms with Gasteiger partial charge in [-0.2, -0.15) is 4.98 Å². The number of rotatable bonds is 3. The minimum absolute atomic E-state index is 0.0121. The normalized spacial score (nSPS) is 16.9. The molecule has 1 saturated heterocycles. The number of likely N-dealkylation sites (tertiary alicyclic amines) is 1. The lowest BCUT2D eigenvalue weighted by Gasteiger charge is -2.31. The molecular formula is C20H19FN4O2. The summed E-state index contributed by atoms with van der Waals surface area (Å²) in [6, 6.07) is 15.2.